The molecule has 4 rings (SSSR count). The van der Waals surface area contributed by atoms with Gasteiger partial charge in [0.1, 0.15) is 6.10 Å². The van der Waals surface area contributed by atoms with Crippen molar-refractivity contribution in [3.8, 4) is 0 Å². The molecule has 4 aliphatic rings. The number of rotatable bonds is 2. The summed E-state index contributed by atoms with van der Waals surface area (Å²) in [7, 11) is 0. The molecule has 0 aromatic carbocycles. The Bertz CT molecular complexity index is 289. The Morgan fingerprint density at radius 1 is 1.40 bits per heavy atom. The van der Waals surface area contributed by atoms with E-state index in [9.17, 15) is 4.79 Å². The van der Waals surface area contributed by atoms with Gasteiger partial charge in [-0.3, -0.25) is 4.79 Å². The van der Waals surface area contributed by atoms with E-state index in [2.05, 4.69) is 0 Å². The molecule has 0 amide bonds. The Labute approximate surface area is 90.1 Å². The van der Waals surface area contributed by atoms with Gasteiger partial charge < -0.3 is 9.47 Å². The van der Waals surface area contributed by atoms with Crippen molar-refractivity contribution < 1.29 is 14.3 Å². The average Bonchev–Trinajstić information content (AvgIpc) is 2.29. The van der Waals surface area contributed by atoms with Gasteiger partial charge in [-0.05, 0) is 38.5 Å². The van der Waals surface area contributed by atoms with Crippen molar-refractivity contribution in [2.24, 2.45) is 11.8 Å². The van der Waals surface area contributed by atoms with E-state index in [1.165, 1.54) is 0 Å². The van der Waals surface area contributed by atoms with Crippen LogP contribution in [0.3, 0.4) is 0 Å². The summed E-state index contributed by atoms with van der Waals surface area (Å²) >= 11 is 0. The third kappa shape index (κ3) is 1.48. The molecule has 4 atom stereocenters. The van der Waals surface area contributed by atoms with E-state index in [4.69, 9.17) is 9.47 Å². The molecule has 3 heteroatoms. The average molecular weight is 210 g/mol. The van der Waals surface area contributed by atoms with Crippen LogP contribution in [0, 0.1) is 11.8 Å². The minimum absolute atomic E-state index is 0.0303. The van der Waals surface area contributed by atoms with E-state index in [1.807, 2.05) is 6.92 Å². The zero-order chi connectivity index (χ0) is 10.5. The van der Waals surface area contributed by atoms with Gasteiger partial charge in [-0.15, -0.1) is 0 Å². The van der Waals surface area contributed by atoms with Gasteiger partial charge in [0.15, 0.2) is 0 Å². The highest BCUT2D eigenvalue weighted by molar-refractivity contribution is 5.73. The molecule has 2 aliphatic heterocycles. The van der Waals surface area contributed by atoms with Crippen LogP contribution in [0.4, 0.5) is 0 Å². The van der Waals surface area contributed by atoms with Crippen LogP contribution in [-0.4, -0.2) is 24.3 Å². The summed E-state index contributed by atoms with van der Waals surface area (Å²) in [6.07, 6.45) is 5.20. The third-order valence-corrected chi connectivity index (χ3v) is 4.16. The molecule has 0 aromatic rings. The van der Waals surface area contributed by atoms with E-state index in [0.717, 1.165) is 38.7 Å². The highest BCUT2D eigenvalue weighted by Gasteiger charge is 2.53. The van der Waals surface area contributed by atoms with Crippen LogP contribution in [0.1, 0.15) is 39.0 Å². The summed E-state index contributed by atoms with van der Waals surface area (Å²) in [5.74, 6) is 0.798. The van der Waals surface area contributed by atoms with Crippen LogP contribution in [0.15, 0.2) is 0 Å². The third-order valence-electron chi connectivity index (χ3n) is 4.16. The number of hydrogen-bond acceptors (Lipinski definition) is 3. The standard InChI is InChI=1S/C12H18O3/c1-2-14-12-5-8-3-9(6-12)11(13)15-10(4-8)7-12/h8-10H,2-7H2,1H3. The largest absolute Gasteiger partial charge is 0.462 e. The summed E-state index contributed by atoms with van der Waals surface area (Å²) in [5, 5.41) is 0. The van der Waals surface area contributed by atoms with Crippen molar-refractivity contribution in [1.82, 2.24) is 0 Å². The fraction of sp³-hybridized carbons (Fsp3) is 0.917. The molecule has 0 N–H and O–H groups in total. The first-order chi connectivity index (χ1) is 7.21. The lowest BCUT2D eigenvalue weighted by atomic mass is 9.65. The fourth-order valence-corrected chi connectivity index (χ4v) is 3.86. The van der Waals surface area contributed by atoms with Crippen molar-refractivity contribution in [3.05, 3.63) is 0 Å². The van der Waals surface area contributed by atoms with E-state index < -0.39 is 0 Å². The first kappa shape index (κ1) is 9.64. The maximum absolute atomic E-state index is 11.7. The molecule has 4 unspecified atom stereocenters. The normalized spacial score (nSPS) is 47.8. The number of hydrogen-bond donors (Lipinski definition) is 0. The van der Waals surface area contributed by atoms with Gasteiger partial charge in [0, 0.05) is 13.0 Å². The molecule has 4 bridgehead atoms. The molecule has 15 heavy (non-hydrogen) atoms. The van der Waals surface area contributed by atoms with Gasteiger partial charge >= 0.3 is 5.97 Å². The Hall–Kier alpha value is -0.570. The van der Waals surface area contributed by atoms with Crippen molar-refractivity contribution >= 4 is 5.97 Å². The van der Waals surface area contributed by atoms with Gasteiger partial charge in [0.2, 0.25) is 0 Å². The molecule has 84 valence electrons. The predicted octanol–water partition coefficient (Wildman–Crippen LogP) is 1.90. The molecular formula is C12H18O3. The summed E-state index contributed by atoms with van der Waals surface area (Å²) in [6, 6.07) is 0. The molecule has 2 heterocycles. The van der Waals surface area contributed by atoms with Gasteiger partial charge in [-0.25, -0.2) is 0 Å². The molecule has 2 saturated heterocycles. The Morgan fingerprint density at radius 2 is 2.27 bits per heavy atom. The van der Waals surface area contributed by atoms with Crippen LogP contribution in [0.2, 0.25) is 0 Å². The molecule has 2 saturated carbocycles. The lowest BCUT2D eigenvalue weighted by molar-refractivity contribution is -0.151. The molecule has 0 radical (unpaired) electrons. The van der Waals surface area contributed by atoms with Crippen LogP contribution < -0.4 is 0 Å². The quantitative estimate of drug-likeness (QED) is 0.653. The Morgan fingerprint density at radius 3 is 3.07 bits per heavy atom. The molecule has 2 aliphatic carbocycles. The Balaban J connectivity index is 1.91. The second-order valence-electron chi connectivity index (χ2n) is 5.32. The van der Waals surface area contributed by atoms with Gasteiger partial charge in [0.25, 0.3) is 0 Å². The number of fused-ring (bicyclic) bond motifs is 1. The smallest absolute Gasteiger partial charge is 0.309 e. The minimum atomic E-state index is -0.0303. The number of esters is 1. The van der Waals surface area contributed by atoms with Crippen molar-refractivity contribution in [2.75, 3.05) is 6.61 Å². The zero-order valence-corrected chi connectivity index (χ0v) is 9.20. The van der Waals surface area contributed by atoms with Crippen LogP contribution in [-0.2, 0) is 14.3 Å². The summed E-state index contributed by atoms with van der Waals surface area (Å²) in [4.78, 5) is 11.7. The SMILES string of the molecule is CCOC12CC3CC(C1)OC(=O)C(C3)C2. The van der Waals surface area contributed by atoms with Crippen LogP contribution in [0.25, 0.3) is 0 Å². The second-order valence-corrected chi connectivity index (χ2v) is 5.32. The van der Waals surface area contributed by atoms with Crippen LogP contribution in [0.5, 0.6) is 0 Å². The molecular weight excluding hydrogens is 192 g/mol. The Kier molecular flexibility index (Phi) is 2.06. The maximum Gasteiger partial charge on any atom is 0.309 e. The fourth-order valence-electron chi connectivity index (χ4n) is 3.86. The topological polar surface area (TPSA) is 35.5 Å². The number of ether oxygens (including phenoxy) is 2. The summed E-state index contributed by atoms with van der Waals surface area (Å²) in [6.45, 7) is 2.79. The van der Waals surface area contributed by atoms with Gasteiger partial charge in [0.05, 0.1) is 11.5 Å². The van der Waals surface area contributed by atoms with Crippen molar-refractivity contribution in [1.29, 1.82) is 0 Å². The maximum atomic E-state index is 11.7. The molecule has 3 nitrogen and oxygen atoms in total. The summed E-state index contributed by atoms with van der Waals surface area (Å²) < 4.78 is 11.4. The van der Waals surface area contributed by atoms with E-state index in [0.29, 0.717) is 5.92 Å². The van der Waals surface area contributed by atoms with Gasteiger partial charge in [-0.2, -0.15) is 0 Å². The number of carbonyl (C=O) groups is 1. The summed E-state index contributed by atoms with van der Waals surface area (Å²) in [5.41, 5.74) is -0.0303. The van der Waals surface area contributed by atoms with E-state index in [-0.39, 0.29) is 23.6 Å². The predicted molar refractivity (Wildman–Crippen MR) is 54.3 cm³/mol. The first-order valence-corrected chi connectivity index (χ1v) is 6.05. The highest BCUT2D eigenvalue weighted by atomic mass is 16.6. The lowest BCUT2D eigenvalue weighted by Gasteiger charge is -2.45. The highest BCUT2D eigenvalue weighted by Crippen LogP contribution is 2.51. The monoisotopic (exact) mass is 210 g/mol. The van der Waals surface area contributed by atoms with E-state index >= 15 is 0 Å². The number of carbonyl (C=O) groups excluding carboxylic acids is 1. The lowest BCUT2D eigenvalue weighted by Crippen LogP contribution is -2.46. The minimum Gasteiger partial charge on any atom is -0.462 e. The first-order valence-electron chi connectivity index (χ1n) is 6.05. The molecule has 0 spiro atoms. The van der Waals surface area contributed by atoms with E-state index in [1.54, 1.807) is 0 Å². The van der Waals surface area contributed by atoms with Gasteiger partial charge in [-0.1, -0.05) is 0 Å². The second kappa shape index (κ2) is 3.21. The molecule has 4 fully saturated rings. The zero-order valence-electron chi connectivity index (χ0n) is 9.20. The molecule has 0 aromatic heterocycles. The van der Waals surface area contributed by atoms with Crippen LogP contribution >= 0.6 is 0 Å². The van der Waals surface area contributed by atoms with Crippen molar-refractivity contribution in [3.63, 3.8) is 0 Å². The van der Waals surface area contributed by atoms with Crippen molar-refractivity contribution in [2.45, 2.75) is 50.7 Å².